The molecule has 1 heterocycles. The van der Waals surface area contributed by atoms with E-state index in [1.54, 1.807) is 0 Å². The fourth-order valence-electron chi connectivity index (χ4n) is 1.51. The van der Waals surface area contributed by atoms with Gasteiger partial charge in [0.05, 0.1) is 12.6 Å². The number of hydrogen-bond donors (Lipinski definition) is 0. The van der Waals surface area contributed by atoms with Crippen molar-refractivity contribution in [1.82, 2.24) is 4.98 Å². The maximum atomic E-state index is 12.7. The lowest BCUT2D eigenvalue weighted by molar-refractivity contribution is 0.0891. The van der Waals surface area contributed by atoms with Crippen LogP contribution >= 0.6 is 0 Å². The molecule has 0 unspecified atom stereocenters. The summed E-state index contributed by atoms with van der Waals surface area (Å²) in [6.07, 6.45) is 0.528. The molecule has 5 heteroatoms. The number of carbonyl (C=O) groups is 2. The van der Waals surface area contributed by atoms with Crippen molar-refractivity contribution in [2.45, 2.75) is 6.42 Å². The molecule has 0 saturated carbocycles. The third kappa shape index (κ3) is 3.28. The van der Waals surface area contributed by atoms with Gasteiger partial charge in [-0.1, -0.05) is 0 Å². The van der Waals surface area contributed by atoms with Crippen molar-refractivity contribution in [3.8, 4) is 0 Å². The Hall–Kier alpha value is -2.43. The van der Waals surface area contributed by atoms with E-state index in [1.165, 1.54) is 18.2 Å². The molecule has 2 aromatic rings. The van der Waals surface area contributed by atoms with Gasteiger partial charge in [0.15, 0.2) is 11.6 Å². The maximum absolute atomic E-state index is 12.7. The molecule has 0 aliphatic heterocycles. The molecule has 0 atom stereocenters. The quantitative estimate of drug-likeness (QED) is 0.628. The van der Waals surface area contributed by atoms with Crippen molar-refractivity contribution in [2.24, 2.45) is 0 Å². The van der Waals surface area contributed by atoms with E-state index in [-0.39, 0.29) is 17.7 Å². The van der Waals surface area contributed by atoms with Crippen LogP contribution in [0.5, 0.6) is 0 Å². The normalized spacial score (nSPS) is 10.2. The highest BCUT2D eigenvalue weighted by Crippen LogP contribution is 2.09. The highest BCUT2D eigenvalue weighted by molar-refractivity contribution is 6.12. The molecule has 0 N–H and O–H groups in total. The molecule has 96 valence electrons. The van der Waals surface area contributed by atoms with Crippen LogP contribution in [0.25, 0.3) is 0 Å². The Balaban J connectivity index is 2.08. The van der Waals surface area contributed by atoms with Gasteiger partial charge in [0.2, 0.25) is 0 Å². The first-order valence-electron chi connectivity index (χ1n) is 5.50. The van der Waals surface area contributed by atoms with Crippen LogP contribution < -0.4 is 0 Å². The third-order valence-corrected chi connectivity index (χ3v) is 2.50. The minimum atomic E-state index is -0.554. The number of Topliss-reactive ketones (excluding diaryl/α,β-unsaturated/α-hetero) is 2. The Labute approximate surface area is 107 Å². The van der Waals surface area contributed by atoms with Crippen molar-refractivity contribution >= 4 is 11.6 Å². The summed E-state index contributed by atoms with van der Waals surface area (Å²) in [4.78, 5) is 27.1. The lowest BCUT2D eigenvalue weighted by Gasteiger charge is -2.01. The zero-order valence-corrected chi connectivity index (χ0v) is 9.77. The number of carbonyl (C=O) groups excluding carboxylic acids is 2. The van der Waals surface area contributed by atoms with Gasteiger partial charge in [-0.25, -0.2) is 8.78 Å². The summed E-state index contributed by atoms with van der Waals surface area (Å²) in [5.74, 6) is -1.95. The number of pyridine rings is 1. The number of nitrogens with zero attached hydrogens (tertiary/aromatic N) is 1. The topological polar surface area (TPSA) is 47.0 Å². The van der Waals surface area contributed by atoms with E-state index in [2.05, 4.69) is 4.98 Å². The SMILES string of the molecule is O=C(CC(=O)c1ccc(F)cn1)c1ccc(F)cc1. The highest BCUT2D eigenvalue weighted by atomic mass is 19.1. The molecule has 1 aromatic heterocycles. The van der Waals surface area contributed by atoms with Gasteiger partial charge in [-0.05, 0) is 36.4 Å². The minimum absolute atomic E-state index is 0.0249. The van der Waals surface area contributed by atoms with Crippen LogP contribution in [0.2, 0.25) is 0 Å². The number of halogens is 2. The molecular weight excluding hydrogens is 252 g/mol. The Kier molecular flexibility index (Phi) is 3.75. The lowest BCUT2D eigenvalue weighted by atomic mass is 10.0. The third-order valence-electron chi connectivity index (χ3n) is 2.50. The van der Waals surface area contributed by atoms with E-state index in [0.29, 0.717) is 0 Å². The van der Waals surface area contributed by atoms with Gasteiger partial charge in [0.1, 0.15) is 17.3 Å². The molecule has 0 radical (unpaired) electrons. The summed E-state index contributed by atoms with van der Waals surface area (Å²) in [6.45, 7) is 0. The van der Waals surface area contributed by atoms with Crippen molar-refractivity contribution in [1.29, 1.82) is 0 Å². The summed E-state index contributed by atoms with van der Waals surface area (Å²) < 4.78 is 25.3. The van der Waals surface area contributed by atoms with Crippen LogP contribution in [0.1, 0.15) is 27.3 Å². The highest BCUT2D eigenvalue weighted by Gasteiger charge is 2.14. The second-order valence-corrected chi connectivity index (χ2v) is 3.89. The molecule has 0 aliphatic rings. The second-order valence-electron chi connectivity index (χ2n) is 3.89. The molecule has 2 rings (SSSR count). The Morgan fingerprint density at radius 2 is 1.53 bits per heavy atom. The monoisotopic (exact) mass is 261 g/mol. The van der Waals surface area contributed by atoms with Crippen molar-refractivity contribution < 1.29 is 18.4 Å². The van der Waals surface area contributed by atoms with E-state index in [9.17, 15) is 18.4 Å². The molecule has 0 fully saturated rings. The maximum Gasteiger partial charge on any atom is 0.188 e. The molecule has 0 amide bonds. The molecule has 19 heavy (non-hydrogen) atoms. The number of ketones is 2. The van der Waals surface area contributed by atoms with E-state index >= 15 is 0 Å². The predicted octanol–water partition coefficient (Wildman–Crippen LogP) is 2.82. The molecular formula is C14H9F2NO2. The van der Waals surface area contributed by atoms with Crippen LogP contribution in [-0.4, -0.2) is 16.6 Å². The predicted molar refractivity (Wildman–Crippen MR) is 63.9 cm³/mol. The zero-order valence-electron chi connectivity index (χ0n) is 9.77. The van der Waals surface area contributed by atoms with Crippen LogP contribution in [0, 0.1) is 11.6 Å². The number of benzene rings is 1. The van der Waals surface area contributed by atoms with Crippen molar-refractivity contribution in [3.05, 3.63) is 65.5 Å². The first-order valence-corrected chi connectivity index (χ1v) is 5.50. The van der Waals surface area contributed by atoms with Gasteiger partial charge in [0, 0.05) is 5.56 Å². The van der Waals surface area contributed by atoms with Crippen LogP contribution in [0.15, 0.2) is 42.6 Å². The summed E-state index contributed by atoms with van der Waals surface area (Å²) in [5, 5.41) is 0. The number of aromatic nitrogens is 1. The fourth-order valence-corrected chi connectivity index (χ4v) is 1.51. The average Bonchev–Trinajstić information content (AvgIpc) is 2.40. The number of hydrogen-bond acceptors (Lipinski definition) is 3. The summed E-state index contributed by atoms with van der Waals surface area (Å²) in [5.41, 5.74) is 0.272. The zero-order chi connectivity index (χ0) is 13.8. The molecule has 0 bridgehead atoms. The van der Waals surface area contributed by atoms with Gasteiger partial charge >= 0.3 is 0 Å². The fraction of sp³-hybridized carbons (Fsp3) is 0.0714. The van der Waals surface area contributed by atoms with Gasteiger partial charge in [0.25, 0.3) is 0 Å². The van der Waals surface area contributed by atoms with Crippen molar-refractivity contribution in [3.63, 3.8) is 0 Å². The van der Waals surface area contributed by atoms with Crippen LogP contribution in [0.4, 0.5) is 8.78 Å². The molecule has 0 saturated heterocycles. The van der Waals surface area contributed by atoms with Gasteiger partial charge < -0.3 is 0 Å². The van der Waals surface area contributed by atoms with Crippen LogP contribution in [0.3, 0.4) is 0 Å². The summed E-state index contributed by atoms with van der Waals surface area (Å²) in [6, 6.07) is 7.23. The molecule has 0 aliphatic carbocycles. The molecule has 0 spiro atoms. The smallest absolute Gasteiger partial charge is 0.188 e. The van der Waals surface area contributed by atoms with Gasteiger partial charge in [-0.15, -0.1) is 0 Å². The molecule has 3 nitrogen and oxygen atoms in total. The first-order chi connectivity index (χ1) is 9.06. The second kappa shape index (κ2) is 5.48. The van der Waals surface area contributed by atoms with E-state index in [4.69, 9.17) is 0 Å². The Morgan fingerprint density at radius 3 is 2.11 bits per heavy atom. The van der Waals surface area contributed by atoms with Crippen LogP contribution in [-0.2, 0) is 0 Å². The Bertz CT molecular complexity index is 551. The molecule has 1 aromatic carbocycles. The standard InChI is InChI=1S/C14H9F2NO2/c15-10-3-1-9(2-4-10)13(18)7-14(19)12-6-5-11(16)8-17-12/h1-6,8H,7H2. The van der Waals surface area contributed by atoms with E-state index in [1.807, 2.05) is 0 Å². The number of rotatable bonds is 4. The summed E-state index contributed by atoms with van der Waals surface area (Å²) >= 11 is 0. The average molecular weight is 261 g/mol. The Morgan fingerprint density at radius 1 is 0.895 bits per heavy atom. The summed E-state index contributed by atoms with van der Waals surface area (Å²) in [7, 11) is 0. The first kappa shape index (κ1) is 13.0. The van der Waals surface area contributed by atoms with Crippen molar-refractivity contribution in [2.75, 3.05) is 0 Å². The lowest BCUT2D eigenvalue weighted by Crippen LogP contribution is -2.10. The largest absolute Gasteiger partial charge is 0.294 e. The van der Waals surface area contributed by atoms with E-state index in [0.717, 1.165) is 24.4 Å². The van der Waals surface area contributed by atoms with E-state index < -0.39 is 23.2 Å². The minimum Gasteiger partial charge on any atom is -0.294 e. The van der Waals surface area contributed by atoms with Gasteiger partial charge in [-0.3, -0.25) is 14.6 Å². The van der Waals surface area contributed by atoms with Gasteiger partial charge in [-0.2, -0.15) is 0 Å².